The monoisotopic (exact) mass is 321 g/mol. The third-order valence-electron chi connectivity index (χ3n) is 3.21. The maximum absolute atomic E-state index is 4.59. The molecular weight excluding hydrogens is 306 g/mol. The third-order valence-corrected chi connectivity index (χ3v) is 3.74. The summed E-state index contributed by atoms with van der Waals surface area (Å²) in [4.78, 5) is 6.81. The molecule has 0 unspecified atom stereocenters. The summed E-state index contributed by atoms with van der Waals surface area (Å²) in [7, 11) is 0. The number of nitrogens with zero attached hydrogens (tertiary/aromatic N) is 3. The lowest BCUT2D eigenvalue weighted by molar-refractivity contribution is 0.724. The second-order valence-electron chi connectivity index (χ2n) is 4.58. The van der Waals surface area contributed by atoms with Crippen LogP contribution in [0.5, 0.6) is 0 Å². The number of hydrogen-bond donors (Lipinski definition) is 2. The van der Waals surface area contributed by atoms with E-state index in [0.717, 1.165) is 54.4 Å². The highest BCUT2D eigenvalue weighted by Gasteiger charge is 2.14. The molecule has 0 amide bonds. The number of H-pyrrole nitrogens is 1. The number of aromatic amines is 1. The zero-order chi connectivity index (χ0) is 13.1. The maximum atomic E-state index is 4.59. The molecule has 3 rings (SSSR count). The summed E-state index contributed by atoms with van der Waals surface area (Å²) in [5, 5.41) is 10.7. The lowest BCUT2D eigenvalue weighted by Crippen LogP contribution is -2.28. The molecule has 1 saturated heterocycles. The van der Waals surface area contributed by atoms with Gasteiger partial charge in [-0.2, -0.15) is 4.98 Å². The lowest BCUT2D eigenvalue weighted by atomic mass is 10.2. The Hall–Kier alpha value is -1.40. The first-order chi connectivity index (χ1) is 9.33. The van der Waals surface area contributed by atoms with Gasteiger partial charge in [-0.15, -0.1) is 5.10 Å². The molecule has 0 bridgehead atoms. The van der Waals surface area contributed by atoms with Crippen LogP contribution in [0, 0.1) is 0 Å². The zero-order valence-electron chi connectivity index (χ0n) is 10.6. The second kappa shape index (κ2) is 5.71. The van der Waals surface area contributed by atoms with E-state index in [9.17, 15) is 0 Å². The van der Waals surface area contributed by atoms with Crippen LogP contribution < -0.4 is 10.2 Å². The van der Waals surface area contributed by atoms with Crippen molar-refractivity contribution in [2.75, 3.05) is 31.1 Å². The van der Waals surface area contributed by atoms with Crippen LogP contribution in [-0.4, -0.2) is 41.4 Å². The van der Waals surface area contributed by atoms with Crippen LogP contribution in [0.2, 0.25) is 0 Å². The fourth-order valence-corrected chi connectivity index (χ4v) is 2.44. The van der Waals surface area contributed by atoms with Crippen molar-refractivity contribution in [1.29, 1.82) is 0 Å². The average Bonchev–Trinajstić information content (AvgIpc) is 2.76. The molecule has 0 radical (unpaired) electrons. The molecule has 2 aromatic rings. The topological polar surface area (TPSA) is 56.8 Å². The number of hydrogen-bond acceptors (Lipinski definition) is 4. The quantitative estimate of drug-likeness (QED) is 0.888. The smallest absolute Gasteiger partial charge is 0.245 e. The number of halogens is 1. The van der Waals surface area contributed by atoms with Crippen molar-refractivity contribution in [3.05, 3.63) is 28.7 Å². The number of aromatic nitrogens is 3. The van der Waals surface area contributed by atoms with Gasteiger partial charge in [0.2, 0.25) is 5.95 Å². The van der Waals surface area contributed by atoms with Gasteiger partial charge in [-0.3, -0.25) is 5.10 Å². The van der Waals surface area contributed by atoms with Gasteiger partial charge in [0.05, 0.1) is 0 Å². The summed E-state index contributed by atoms with van der Waals surface area (Å²) in [6.45, 7) is 4.02. The fraction of sp³-hybridized carbons (Fsp3) is 0.385. The highest BCUT2D eigenvalue weighted by atomic mass is 79.9. The van der Waals surface area contributed by atoms with Gasteiger partial charge >= 0.3 is 0 Å². The predicted octanol–water partition coefficient (Wildman–Crippen LogP) is 2.03. The SMILES string of the molecule is Brc1ccc(-c2nc(N3CCCNCC3)n[nH]2)cc1. The van der Waals surface area contributed by atoms with Crippen molar-refractivity contribution < 1.29 is 0 Å². The molecule has 6 heteroatoms. The summed E-state index contributed by atoms with van der Waals surface area (Å²) in [6.07, 6.45) is 1.13. The summed E-state index contributed by atoms with van der Waals surface area (Å²) >= 11 is 3.43. The Labute approximate surface area is 120 Å². The Kier molecular flexibility index (Phi) is 3.79. The van der Waals surface area contributed by atoms with E-state index in [-0.39, 0.29) is 0 Å². The zero-order valence-corrected chi connectivity index (χ0v) is 12.2. The Balaban J connectivity index is 1.80. The van der Waals surface area contributed by atoms with Crippen LogP contribution in [0.1, 0.15) is 6.42 Å². The van der Waals surface area contributed by atoms with E-state index >= 15 is 0 Å². The minimum Gasteiger partial charge on any atom is -0.338 e. The molecule has 19 heavy (non-hydrogen) atoms. The molecule has 0 spiro atoms. The first-order valence-electron chi connectivity index (χ1n) is 6.47. The molecule has 1 aromatic carbocycles. The van der Waals surface area contributed by atoms with Crippen LogP contribution in [0.25, 0.3) is 11.4 Å². The Bertz CT molecular complexity index is 528. The Morgan fingerprint density at radius 2 is 1.95 bits per heavy atom. The van der Waals surface area contributed by atoms with Crippen molar-refractivity contribution in [2.45, 2.75) is 6.42 Å². The van der Waals surface area contributed by atoms with Gasteiger partial charge in [0.25, 0.3) is 0 Å². The minimum atomic E-state index is 0.793. The van der Waals surface area contributed by atoms with Gasteiger partial charge in [-0.25, -0.2) is 0 Å². The predicted molar refractivity (Wildman–Crippen MR) is 79.2 cm³/mol. The van der Waals surface area contributed by atoms with Crippen LogP contribution >= 0.6 is 15.9 Å². The minimum absolute atomic E-state index is 0.793. The molecule has 1 aliphatic heterocycles. The van der Waals surface area contributed by atoms with E-state index < -0.39 is 0 Å². The highest BCUT2D eigenvalue weighted by Crippen LogP contribution is 2.20. The molecule has 100 valence electrons. The van der Waals surface area contributed by atoms with E-state index in [2.05, 4.69) is 41.3 Å². The number of benzene rings is 1. The molecule has 0 aliphatic carbocycles. The molecule has 2 N–H and O–H groups in total. The van der Waals surface area contributed by atoms with Crippen molar-refractivity contribution in [3.63, 3.8) is 0 Å². The first kappa shape index (κ1) is 12.6. The molecule has 1 fully saturated rings. The van der Waals surface area contributed by atoms with Crippen molar-refractivity contribution in [2.24, 2.45) is 0 Å². The summed E-state index contributed by atoms with van der Waals surface area (Å²) in [5.74, 6) is 1.61. The largest absolute Gasteiger partial charge is 0.338 e. The van der Waals surface area contributed by atoms with Crippen molar-refractivity contribution >= 4 is 21.9 Å². The Morgan fingerprint density at radius 3 is 2.79 bits per heavy atom. The number of rotatable bonds is 2. The second-order valence-corrected chi connectivity index (χ2v) is 5.50. The van der Waals surface area contributed by atoms with Crippen LogP contribution in [0.3, 0.4) is 0 Å². The van der Waals surface area contributed by atoms with Crippen molar-refractivity contribution in [3.8, 4) is 11.4 Å². The van der Waals surface area contributed by atoms with Crippen molar-refractivity contribution in [1.82, 2.24) is 20.5 Å². The summed E-state index contributed by atoms with van der Waals surface area (Å²) in [5.41, 5.74) is 1.05. The van der Waals surface area contributed by atoms with E-state index in [1.165, 1.54) is 0 Å². The number of nitrogens with one attached hydrogen (secondary N) is 2. The Morgan fingerprint density at radius 1 is 1.11 bits per heavy atom. The number of anilines is 1. The van der Waals surface area contributed by atoms with Crippen LogP contribution in [0.15, 0.2) is 28.7 Å². The van der Waals surface area contributed by atoms with E-state index in [0.29, 0.717) is 0 Å². The van der Waals surface area contributed by atoms with Gasteiger partial charge in [-0.1, -0.05) is 28.1 Å². The molecule has 0 saturated carbocycles. The first-order valence-corrected chi connectivity index (χ1v) is 7.26. The fourth-order valence-electron chi connectivity index (χ4n) is 2.18. The molecule has 1 aliphatic rings. The molecule has 1 aromatic heterocycles. The lowest BCUT2D eigenvalue weighted by Gasteiger charge is -2.16. The van der Waals surface area contributed by atoms with Gasteiger partial charge in [0.15, 0.2) is 5.82 Å². The van der Waals surface area contributed by atoms with E-state index in [1.807, 2.05) is 24.3 Å². The van der Waals surface area contributed by atoms with Gasteiger partial charge in [0, 0.05) is 29.7 Å². The standard InChI is InChI=1S/C13H16BrN5/c14-11-4-2-10(3-5-11)12-16-13(18-17-12)19-8-1-6-15-7-9-19/h2-5,15H,1,6-9H2,(H,16,17,18). The van der Waals surface area contributed by atoms with E-state index in [4.69, 9.17) is 0 Å². The van der Waals surface area contributed by atoms with E-state index in [1.54, 1.807) is 0 Å². The molecule has 2 heterocycles. The summed E-state index contributed by atoms with van der Waals surface area (Å²) < 4.78 is 1.06. The highest BCUT2D eigenvalue weighted by molar-refractivity contribution is 9.10. The normalized spacial score (nSPS) is 16.4. The van der Waals surface area contributed by atoms with Crippen LogP contribution in [-0.2, 0) is 0 Å². The molecule has 0 atom stereocenters. The maximum Gasteiger partial charge on any atom is 0.245 e. The van der Waals surface area contributed by atoms with Crippen LogP contribution in [0.4, 0.5) is 5.95 Å². The molecular formula is C13H16BrN5. The summed E-state index contributed by atoms with van der Waals surface area (Å²) in [6, 6.07) is 8.07. The third kappa shape index (κ3) is 2.96. The van der Waals surface area contributed by atoms with Gasteiger partial charge in [-0.05, 0) is 25.1 Å². The van der Waals surface area contributed by atoms with Gasteiger partial charge in [0.1, 0.15) is 0 Å². The molecule has 5 nitrogen and oxygen atoms in total. The van der Waals surface area contributed by atoms with Gasteiger partial charge < -0.3 is 10.2 Å². The average molecular weight is 322 g/mol.